The second-order valence-electron chi connectivity index (χ2n) is 4.35. The maximum Gasteiger partial charge on any atom is 0.279 e. The molecule has 1 aromatic carbocycles. The van der Waals surface area contributed by atoms with Gasteiger partial charge in [-0.25, -0.2) is 17.8 Å². The lowest BCUT2D eigenvalue weighted by Gasteiger charge is -2.08. The molecule has 0 unspecified atom stereocenters. The number of sulfone groups is 1. The van der Waals surface area contributed by atoms with E-state index in [-0.39, 0.29) is 9.92 Å². The third kappa shape index (κ3) is 3.39. The molecule has 0 saturated heterocycles. The lowest BCUT2D eigenvalue weighted by Crippen LogP contribution is -2.15. The van der Waals surface area contributed by atoms with Crippen LogP contribution in [0.15, 0.2) is 34.3 Å². The monoisotopic (exact) mass is 333 g/mol. The van der Waals surface area contributed by atoms with Crippen LogP contribution in [0.3, 0.4) is 0 Å². The summed E-state index contributed by atoms with van der Waals surface area (Å²) in [5, 5.41) is -0.246. The van der Waals surface area contributed by atoms with E-state index in [1.54, 1.807) is 6.92 Å². The maximum absolute atomic E-state index is 13.7. The Morgan fingerprint density at radius 3 is 2.43 bits per heavy atom. The van der Waals surface area contributed by atoms with Gasteiger partial charge in [0.25, 0.3) is 10.0 Å². The lowest BCUT2D eigenvalue weighted by atomic mass is 10.3. The van der Waals surface area contributed by atoms with Crippen molar-refractivity contribution in [3.63, 3.8) is 0 Å². The average Bonchev–Trinajstić information content (AvgIpc) is 2.78. The summed E-state index contributed by atoms with van der Waals surface area (Å²) in [7, 11) is -7.66. The number of aromatic amines is 1. The van der Waals surface area contributed by atoms with E-state index in [1.165, 1.54) is 0 Å². The Kier molecular flexibility index (Phi) is 3.76. The van der Waals surface area contributed by atoms with Gasteiger partial charge in [0, 0.05) is 6.26 Å². The van der Waals surface area contributed by atoms with Crippen LogP contribution >= 0.6 is 0 Å². The Morgan fingerprint density at radius 2 is 1.90 bits per heavy atom. The first-order valence-electron chi connectivity index (χ1n) is 5.63. The minimum absolute atomic E-state index is 0.192. The van der Waals surface area contributed by atoms with Crippen LogP contribution in [0.2, 0.25) is 0 Å². The largest absolute Gasteiger partial charge is 0.332 e. The molecule has 0 aliphatic rings. The van der Waals surface area contributed by atoms with E-state index >= 15 is 0 Å². The second-order valence-corrected chi connectivity index (χ2v) is 8.02. The number of nitrogens with zero attached hydrogens (tertiary/aromatic N) is 1. The fourth-order valence-corrected chi connectivity index (χ4v) is 3.22. The molecule has 0 atom stereocenters. The van der Waals surface area contributed by atoms with E-state index in [1.807, 2.05) is 4.72 Å². The molecule has 2 N–H and O–H groups in total. The number of halogens is 1. The van der Waals surface area contributed by atoms with Gasteiger partial charge in [0.15, 0.2) is 14.9 Å². The number of nitrogens with one attached hydrogen (secondary N) is 2. The van der Waals surface area contributed by atoms with Crippen LogP contribution in [0.1, 0.15) is 5.82 Å². The van der Waals surface area contributed by atoms with Gasteiger partial charge < -0.3 is 4.98 Å². The van der Waals surface area contributed by atoms with Crippen LogP contribution in [-0.2, 0) is 19.9 Å². The standard InChI is InChI=1S/C11H12FN3O4S2/c1-7-13-6-11(14-7)21(18,19)15-10-5-8(20(2,16)17)3-4-9(10)12/h3-6,15H,1-2H3,(H,13,14). The topological polar surface area (TPSA) is 109 Å². The Hall–Kier alpha value is -1.94. The third-order valence-electron chi connectivity index (χ3n) is 2.58. The van der Waals surface area contributed by atoms with E-state index in [2.05, 4.69) is 9.97 Å². The van der Waals surface area contributed by atoms with Crippen LogP contribution in [-0.4, -0.2) is 33.1 Å². The average molecular weight is 333 g/mol. The quantitative estimate of drug-likeness (QED) is 0.813. The number of hydrogen-bond donors (Lipinski definition) is 2. The van der Waals surface area contributed by atoms with Gasteiger partial charge >= 0.3 is 0 Å². The molecule has 0 spiro atoms. The number of hydrogen-bond acceptors (Lipinski definition) is 5. The highest BCUT2D eigenvalue weighted by Gasteiger charge is 2.20. The van der Waals surface area contributed by atoms with Crippen molar-refractivity contribution >= 4 is 25.5 Å². The molecule has 0 bridgehead atoms. The number of benzene rings is 1. The van der Waals surface area contributed by atoms with Crippen LogP contribution in [0.4, 0.5) is 10.1 Å². The summed E-state index contributed by atoms with van der Waals surface area (Å²) in [5.74, 6) is -0.511. The molecule has 21 heavy (non-hydrogen) atoms. The maximum atomic E-state index is 13.7. The van der Waals surface area contributed by atoms with Crippen molar-refractivity contribution in [1.29, 1.82) is 0 Å². The fraction of sp³-hybridized carbons (Fsp3) is 0.182. The lowest BCUT2D eigenvalue weighted by molar-refractivity contribution is 0.593. The van der Waals surface area contributed by atoms with Crippen molar-refractivity contribution in [1.82, 2.24) is 9.97 Å². The Labute approximate surface area is 121 Å². The van der Waals surface area contributed by atoms with Crippen molar-refractivity contribution in [3.05, 3.63) is 36.0 Å². The first-order chi connectivity index (χ1) is 9.59. The van der Waals surface area contributed by atoms with Crippen LogP contribution in [0, 0.1) is 12.7 Å². The molecule has 7 nitrogen and oxygen atoms in total. The van der Waals surface area contributed by atoms with Crippen LogP contribution < -0.4 is 4.72 Å². The first-order valence-corrected chi connectivity index (χ1v) is 9.01. The van der Waals surface area contributed by atoms with E-state index in [0.717, 1.165) is 30.7 Å². The Bertz CT molecular complexity index is 888. The molecule has 0 saturated carbocycles. The van der Waals surface area contributed by atoms with E-state index in [9.17, 15) is 21.2 Å². The predicted octanol–water partition coefficient (Wildman–Crippen LogP) is 1.06. The molecule has 0 amide bonds. The van der Waals surface area contributed by atoms with Crippen LogP contribution in [0.5, 0.6) is 0 Å². The van der Waals surface area contributed by atoms with Gasteiger partial charge in [0.1, 0.15) is 11.6 Å². The van der Waals surface area contributed by atoms with Crippen molar-refractivity contribution in [2.24, 2.45) is 0 Å². The summed E-state index contributed by atoms with van der Waals surface area (Å²) >= 11 is 0. The molecule has 114 valence electrons. The van der Waals surface area contributed by atoms with E-state index in [4.69, 9.17) is 0 Å². The van der Waals surface area contributed by atoms with Gasteiger partial charge in [-0.05, 0) is 25.1 Å². The zero-order valence-corrected chi connectivity index (χ0v) is 12.7. The number of imidazole rings is 1. The van der Waals surface area contributed by atoms with E-state index in [0.29, 0.717) is 5.82 Å². The summed E-state index contributed by atoms with van der Waals surface area (Å²) in [4.78, 5) is 6.05. The molecule has 2 rings (SSSR count). The van der Waals surface area contributed by atoms with Crippen LogP contribution in [0.25, 0.3) is 0 Å². The van der Waals surface area contributed by atoms with Crippen molar-refractivity contribution in [2.45, 2.75) is 16.8 Å². The fourth-order valence-electron chi connectivity index (χ4n) is 1.55. The Balaban J connectivity index is 2.44. The zero-order valence-electron chi connectivity index (χ0n) is 11.1. The highest BCUT2D eigenvalue weighted by atomic mass is 32.2. The molecule has 0 aliphatic heterocycles. The first kappa shape index (κ1) is 15.4. The number of anilines is 1. The molecule has 0 radical (unpaired) electrons. The zero-order chi connectivity index (χ0) is 15.8. The van der Waals surface area contributed by atoms with Gasteiger partial charge in [-0.3, -0.25) is 4.72 Å². The summed E-state index contributed by atoms with van der Waals surface area (Å²) in [6.45, 7) is 1.56. The van der Waals surface area contributed by atoms with Gasteiger partial charge in [0.05, 0.1) is 16.8 Å². The van der Waals surface area contributed by atoms with Crippen molar-refractivity contribution in [3.8, 4) is 0 Å². The summed E-state index contributed by atoms with van der Waals surface area (Å²) in [6.07, 6.45) is 2.02. The van der Waals surface area contributed by atoms with E-state index < -0.39 is 31.4 Å². The van der Waals surface area contributed by atoms with Gasteiger partial charge in [-0.15, -0.1) is 0 Å². The minimum atomic E-state index is -4.08. The molecular formula is C11H12FN3O4S2. The summed E-state index contributed by atoms with van der Waals surface area (Å²) in [6, 6.07) is 2.86. The number of H-pyrrole nitrogens is 1. The highest BCUT2D eigenvalue weighted by Crippen LogP contribution is 2.22. The predicted molar refractivity (Wildman–Crippen MR) is 73.6 cm³/mol. The molecule has 1 aromatic heterocycles. The molecular weight excluding hydrogens is 321 g/mol. The minimum Gasteiger partial charge on any atom is -0.332 e. The smallest absolute Gasteiger partial charge is 0.279 e. The Morgan fingerprint density at radius 1 is 1.24 bits per heavy atom. The molecule has 0 fully saturated rings. The molecule has 1 heterocycles. The molecule has 10 heteroatoms. The normalized spacial score (nSPS) is 12.3. The van der Waals surface area contributed by atoms with Crippen molar-refractivity contribution in [2.75, 3.05) is 11.0 Å². The summed E-state index contributed by atoms with van der Waals surface area (Å²) < 4.78 is 62.5. The highest BCUT2D eigenvalue weighted by molar-refractivity contribution is 7.92. The number of aromatic nitrogens is 2. The summed E-state index contributed by atoms with van der Waals surface area (Å²) in [5.41, 5.74) is -0.454. The van der Waals surface area contributed by atoms with Gasteiger partial charge in [-0.2, -0.15) is 8.42 Å². The number of aryl methyl sites for hydroxylation is 1. The second kappa shape index (κ2) is 5.11. The molecule has 0 aliphatic carbocycles. The SMILES string of the molecule is Cc1ncc(S(=O)(=O)Nc2cc(S(C)(=O)=O)ccc2F)[nH]1. The van der Waals surface area contributed by atoms with Crippen molar-refractivity contribution < 1.29 is 21.2 Å². The van der Waals surface area contributed by atoms with Gasteiger partial charge in [0.2, 0.25) is 0 Å². The number of sulfonamides is 1. The van der Waals surface area contributed by atoms with Gasteiger partial charge in [-0.1, -0.05) is 0 Å². The third-order valence-corrected chi connectivity index (χ3v) is 4.96. The molecule has 2 aromatic rings. The number of rotatable bonds is 4.